The Balaban J connectivity index is 1.31. The molecule has 5 aromatic rings. The molecule has 1 aliphatic rings. The normalized spacial score (nSPS) is 13.8. The van der Waals surface area contributed by atoms with E-state index in [4.69, 9.17) is 4.74 Å². The average molecular weight is 594 g/mol. The smallest absolute Gasteiger partial charge is 0.249 e. The van der Waals surface area contributed by atoms with Crippen LogP contribution in [0.15, 0.2) is 67.5 Å². The van der Waals surface area contributed by atoms with E-state index in [9.17, 15) is 4.79 Å². The average Bonchev–Trinajstić information content (AvgIpc) is 3.42. The molecule has 1 aliphatic heterocycles. The highest BCUT2D eigenvalue weighted by atomic mass is 16.5. The maximum atomic E-state index is 12.9. The first-order valence-electron chi connectivity index (χ1n) is 14.3. The molecule has 0 radical (unpaired) electrons. The van der Waals surface area contributed by atoms with E-state index < -0.39 is 0 Å². The van der Waals surface area contributed by atoms with Crippen molar-refractivity contribution in [3.63, 3.8) is 0 Å². The van der Waals surface area contributed by atoms with E-state index in [1.54, 1.807) is 10.7 Å². The molecule has 2 N–H and O–H groups in total. The van der Waals surface area contributed by atoms with Gasteiger partial charge in [-0.3, -0.25) is 4.79 Å². The third kappa shape index (κ3) is 6.14. The van der Waals surface area contributed by atoms with Gasteiger partial charge in [0.1, 0.15) is 30.0 Å². The Bertz CT molecular complexity index is 1840. The van der Waals surface area contributed by atoms with Crippen molar-refractivity contribution >= 4 is 45.5 Å². The summed E-state index contributed by atoms with van der Waals surface area (Å²) in [4.78, 5) is 37.2. The highest BCUT2D eigenvalue weighted by molar-refractivity contribution is 6.09. The molecule has 13 heteroatoms. The minimum atomic E-state index is -0.245. The maximum absolute atomic E-state index is 12.9. The third-order valence-electron chi connectivity index (χ3n) is 7.46. The summed E-state index contributed by atoms with van der Waals surface area (Å²) in [5, 5.41) is 11.4. The molecule has 13 nitrogen and oxygen atoms in total. The quantitative estimate of drug-likeness (QED) is 0.230. The van der Waals surface area contributed by atoms with E-state index in [1.165, 1.54) is 18.7 Å². The van der Waals surface area contributed by atoms with Gasteiger partial charge in [-0.1, -0.05) is 6.08 Å². The van der Waals surface area contributed by atoms with Crippen LogP contribution in [0.2, 0.25) is 0 Å². The molecule has 1 fully saturated rings. The molecule has 0 saturated carbocycles. The molecule has 1 amide bonds. The molecule has 0 spiro atoms. The zero-order chi connectivity index (χ0) is 30.8. The largest absolute Gasteiger partial charge is 0.457 e. The highest BCUT2D eigenvalue weighted by Gasteiger charge is 2.33. The van der Waals surface area contributed by atoms with Crippen LogP contribution in [-0.4, -0.2) is 99.1 Å². The number of pyridine rings is 2. The second-order valence-electron chi connectivity index (χ2n) is 11.2. The van der Waals surface area contributed by atoms with Crippen LogP contribution in [0.1, 0.15) is 5.56 Å². The second kappa shape index (κ2) is 12.2. The van der Waals surface area contributed by atoms with Crippen molar-refractivity contribution in [2.24, 2.45) is 0 Å². The van der Waals surface area contributed by atoms with Gasteiger partial charge < -0.3 is 30.1 Å². The molecule has 0 aliphatic carbocycles. The molecule has 44 heavy (non-hydrogen) atoms. The number of aromatic nitrogens is 6. The second-order valence-corrected chi connectivity index (χ2v) is 11.2. The number of carbonyl (C=O) groups excluding carboxylic acids is 1. The van der Waals surface area contributed by atoms with Crippen LogP contribution in [0.3, 0.4) is 0 Å². The number of fused-ring (bicyclic) bond motifs is 2. The molecule has 0 bridgehead atoms. The lowest BCUT2D eigenvalue weighted by atomic mass is 10.0. The predicted octanol–water partition coefficient (Wildman–Crippen LogP) is 3.72. The van der Waals surface area contributed by atoms with Crippen molar-refractivity contribution in [1.29, 1.82) is 0 Å². The lowest BCUT2D eigenvalue weighted by Crippen LogP contribution is -2.57. The van der Waals surface area contributed by atoms with E-state index in [0.29, 0.717) is 41.1 Å². The number of amides is 1. The van der Waals surface area contributed by atoms with Gasteiger partial charge in [0.15, 0.2) is 11.5 Å². The number of benzene rings is 1. The summed E-state index contributed by atoms with van der Waals surface area (Å²) in [7, 11) is 8.04. The number of rotatable bonds is 10. The Morgan fingerprint density at radius 1 is 1.05 bits per heavy atom. The highest BCUT2D eigenvalue weighted by Crippen LogP contribution is 2.40. The SMILES string of the molecule is Cc1cc(Nc2ncnc3cnc(NC(=O)C=CCN(C)C)c(N4CC(N(C)C)C4)c23)ccc1Oc1ccn2ncnc2c1. The molecule has 4 aromatic heterocycles. The third-order valence-corrected chi connectivity index (χ3v) is 7.46. The number of carbonyl (C=O) groups is 1. The molecule has 0 atom stereocenters. The van der Waals surface area contributed by atoms with Crippen molar-refractivity contribution in [3.8, 4) is 11.5 Å². The fraction of sp³-hybridized carbons (Fsp3) is 0.290. The Morgan fingerprint density at radius 3 is 2.66 bits per heavy atom. The van der Waals surface area contributed by atoms with Gasteiger partial charge in [-0.15, -0.1) is 0 Å². The van der Waals surface area contributed by atoms with Crippen molar-refractivity contribution in [3.05, 3.63) is 73.1 Å². The first-order valence-corrected chi connectivity index (χ1v) is 14.3. The molecular weight excluding hydrogens is 558 g/mol. The number of nitrogens with one attached hydrogen (secondary N) is 2. The van der Waals surface area contributed by atoms with Crippen LogP contribution < -0.4 is 20.3 Å². The van der Waals surface area contributed by atoms with Gasteiger partial charge in [-0.05, 0) is 64.9 Å². The van der Waals surface area contributed by atoms with E-state index in [2.05, 4.69) is 59.6 Å². The van der Waals surface area contributed by atoms with Gasteiger partial charge in [0.05, 0.1) is 22.8 Å². The van der Waals surface area contributed by atoms with Crippen LogP contribution in [0, 0.1) is 6.92 Å². The number of nitrogens with zero attached hydrogens (tertiary/aromatic N) is 9. The molecule has 226 valence electrons. The Morgan fingerprint density at radius 2 is 1.89 bits per heavy atom. The minimum absolute atomic E-state index is 0.245. The fourth-order valence-corrected chi connectivity index (χ4v) is 4.99. The Hall–Kier alpha value is -5.14. The molecule has 6 rings (SSSR count). The Labute approximate surface area is 255 Å². The van der Waals surface area contributed by atoms with Crippen molar-refractivity contribution in [1.82, 2.24) is 39.3 Å². The van der Waals surface area contributed by atoms with Gasteiger partial charge >= 0.3 is 0 Å². The van der Waals surface area contributed by atoms with Crippen molar-refractivity contribution in [2.45, 2.75) is 13.0 Å². The zero-order valence-electron chi connectivity index (χ0n) is 25.4. The first-order chi connectivity index (χ1) is 21.2. The maximum Gasteiger partial charge on any atom is 0.249 e. The summed E-state index contributed by atoms with van der Waals surface area (Å²) in [6.45, 7) is 4.22. The summed E-state index contributed by atoms with van der Waals surface area (Å²) in [5.74, 6) is 2.23. The van der Waals surface area contributed by atoms with E-state index in [-0.39, 0.29) is 5.91 Å². The fourth-order valence-electron chi connectivity index (χ4n) is 4.99. The molecule has 1 saturated heterocycles. The monoisotopic (exact) mass is 593 g/mol. The van der Waals surface area contributed by atoms with Crippen LogP contribution in [0.4, 0.5) is 23.0 Å². The van der Waals surface area contributed by atoms with E-state index in [0.717, 1.165) is 41.2 Å². The number of hydrogen-bond donors (Lipinski definition) is 2. The molecular formula is C31H35N11O2. The standard InChI is InChI=1S/C31H35N11O2/c1-20-13-21(8-9-25(20)44-23-10-12-42-26(14-23)34-19-36-42)37-30-28-24(33-18-35-30)15-32-31(38-27(43)7-6-11-39(2)3)29(28)41-16-22(17-41)40(4)5/h6-10,12-15,18-19,22H,11,16-17H2,1-5H3,(H,32,38,43)(H,33,35,37). The van der Waals surface area contributed by atoms with Crippen molar-refractivity contribution in [2.75, 3.05) is 63.4 Å². The minimum Gasteiger partial charge on any atom is -0.457 e. The number of likely N-dealkylation sites (N-methyl/N-ethyl adjacent to an activating group) is 2. The summed E-state index contributed by atoms with van der Waals surface area (Å²) in [6, 6.07) is 9.93. The van der Waals surface area contributed by atoms with Crippen LogP contribution in [0.5, 0.6) is 11.5 Å². The lowest BCUT2D eigenvalue weighted by molar-refractivity contribution is -0.111. The predicted molar refractivity (Wildman–Crippen MR) is 171 cm³/mol. The lowest BCUT2D eigenvalue weighted by Gasteiger charge is -2.45. The number of hydrogen-bond acceptors (Lipinski definition) is 11. The summed E-state index contributed by atoms with van der Waals surface area (Å²) >= 11 is 0. The van der Waals surface area contributed by atoms with Crippen LogP contribution >= 0.6 is 0 Å². The summed E-state index contributed by atoms with van der Waals surface area (Å²) in [5.41, 5.74) is 3.94. The van der Waals surface area contributed by atoms with Gasteiger partial charge in [0, 0.05) is 49.7 Å². The summed E-state index contributed by atoms with van der Waals surface area (Å²) < 4.78 is 7.84. The molecule has 5 heterocycles. The first kappa shape index (κ1) is 29.0. The molecule has 0 unspecified atom stereocenters. The van der Waals surface area contributed by atoms with E-state index in [1.807, 2.05) is 68.5 Å². The van der Waals surface area contributed by atoms with Gasteiger partial charge in [-0.25, -0.2) is 24.5 Å². The topological polar surface area (TPSA) is 129 Å². The number of ether oxygens (including phenoxy) is 1. The number of anilines is 4. The van der Waals surface area contributed by atoms with Gasteiger partial charge in [0.2, 0.25) is 5.91 Å². The van der Waals surface area contributed by atoms with Crippen LogP contribution in [-0.2, 0) is 4.79 Å². The Kier molecular flexibility index (Phi) is 8.05. The van der Waals surface area contributed by atoms with Crippen LogP contribution in [0.25, 0.3) is 16.6 Å². The summed E-state index contributed by atoms with van der Waals surface area (Å²) in [6.07, 6.45) is 9.86. The van der Waals surface area contributed by atoms with E-state index >= 15 is 0 Å². The molecule has 1 aromatic carbocycles. The van der Waals surface area contributed by atoms with Gasteiger partial charge in [0.25, 0.3) is 0 Å². The van der Waals surface area contributed by atoms with Crippen molar-refractivity contribution < 1.29 is 9.53 Å². The zero-order valence-corrected chi connectivity index (χ0v) is 25.4. The number of aryl methyl sites for hydroxylation is 1. The van der Waals surface area contributed by atoms with Gasteiger partial charge in [-0.2, -0.15) is 5.10 Å².